The number of nitrogens with zero attached hydrogens (tertiary/aromatic N) is 1. The third kappa shape index (κ3) is 2.94. The number of aryl methyl sites for hydroxylation is 1. The zero-order valence-corrected chi connectivity index (χ0v) is 12.1. The van der Waals surface area contributed by atoms with Gasteiger partial charge in [-0.05, 0) is 34.5 Å². The zero-order chi connectivity index (χ0) is 13.1. The van der Waals surface area contributed by atoms with Gasteiger partial charge in [-0.3, -0.25) is 0 Å². The average Bonchev–Trinajstić information content (AvgIpc) is 2.35. The lowest BCUT2D eigenvalue weighted by Crippen LogP contribution is -2.01. The number of phenols is 1. The molecule has 0 bridgehead atoms. The molecule has 0 saturated carbocycles. The highest BCUT2D eigenvalue weighted by Crippen LogP contribution is 2.26. The van der Waals surface area contributed by atoms with Crippen LogP contribution in [-0.4, -0.2) is 10.1 Å². The van der Waals surface area contributed by atoms with Gasteiger partial charge in [-0.25, -0.2) is 4.98 Å². The van der Waals surface area contributed by atoms with Crippen molar-refractivity contribution >= 4 is 33.2 Å². The smallest absolute Gasteiger partial charge is 0.152 e. The predicted octanol–water partition coefficient (Wildman–Crippen LogP) is 4.12. The van der Waals surface area contributed by atoms with Gasteiger partial charge < -0.3 is 10.4 Å². The summed E-state index contributed by atoms with van der Waals surface area (Å²) in [4.78, 5) is 4.02. The van der Waals surface area contributed by atoms with Crippen LogP contribution < -0.4 is 5.32 Å². The van der Waals surface area contributed by atoms with Gasteiger partial charge in [0, 0.05) is 22.8 Å². The molecule has 0 aliphatic heterocycles. The molecule has 2 N–H and O–H groups in total. The van der Waals surface area contributed by atoms with Crippen LogP contribution in [0.2, 0.25) is 5.15 Å². The third-order valence-electron chi connectivity index (χ3n) is 2.60. The number of aromatic hydroxyl groups is 1. The van der Waals surface area contributed by atoms with Crippen LogP contribution in [0, 0.1) is 6.92 Å². The van der Waals surface area contributed by atoms with Crippen LogP contribution in [0.4, 0.5) is 5.69 Å². The molecule has 0 spiro atoms. The Morgan fingerprint density at radius 3 is 3.00 bits per heavy atom. The number of aromatic nitrogens is 1. The lowest BCUT2D eigenvalue weighted by atomic mass is 10.1. The number of pyridine rings is 1. The Morgan fingerprint density at radius 2 is 2.22 bits per heavy atom. The Balaban J connectivity index is 2.16. The second kappa shape index (κ2) is 5.59. The number of para-hydroxylation sites is 1. The third-order valence-corrected chi connectivity index (χ3v) is 3.33. The highest BCUT2D eigenvalue weighted by molar-refractivity contribution is 9.10. The summed E-state index contributed by atoms with van der Waals surface area (Å²) in [6.45, 7) is 2.36. The minimum absolute atomic E-state index is 0.309. The molecule has 94 valence electrons. The summed E-state index contributed by atoms with van der Waals surface area (Å²) in [5.74, 6) is 0.309. The Bertz CT molecular complexity index is 573. The molecule has 0 aliphatic carbocycles. The number of rotatable bonds is 3. The van der Waals surface area contributed by atoms with E-state index in [9.17, 15) is 5.11 Å². The number of hydrogen-bond acceptors (Lipinski definition) is 3. The SMILES string of the molecule is Cc1cccc(CNc2cc(Br)cnc2Cl)c1O. The predicted molar refractivity (Wildman–Crippen MR) is 77.1 cm³/mol. The maximum absolute atomic E-state index is 9.90. The quantitative estimate of drug-likeness (QED) is 0.833. The fraction of sp³-hybridized carbons (Fsp3) is 0.154. The molecular weight excluding hydrogens is 316 g/mol. The molecule has 0 saturated heterocycles. The van der Waals surface area contributed by atoms with Crippen LogP contribution in [0.15, 0.2) is 34.9 Å². The molecule has 0 amide bonds. The monoisotopic (exact) mass is 326 g/mol. The van der Waals surface area contributed by atoms with Crippen molar-refractivity contribution in [1.82, 2.24) is 4.98 Å². The van der Waals surface area contributed by atoms with E-state index in [-0.39, 0.29) is 0 Å². The van der Waals surface area contributed by atoms with Gasteiger partial charge in [0.05, 0.1) is 5.69 Å². The van der Waals surface area contributed by atoms with E-state index >= 15 is 0 Å². The van der Waals surface area contributed by atoms with Gasteiger partial charge in [-0.2, -0.15) is 0 Å². The van der Waals surface area contributed by atoms with E-state index in [0.29, 0.717) is 17.4 Å². The molecule has 0 fully saturated rings. The van der Waals surface area contributed by atoms with Crippen molar-refractivity contribution in [3.8, 4) is 5.75 Å². The van der Waals surface area contributed by atoms with Crippen molar-refractivity contribution in [2.24, 2.45) is 0 Å². The van der Waals surface area contributed by atoms with E-state index in [1.165, 1.54) is 0 Å². The van der Waals surface area contributed by atoms with E-state index in [1.54, 1.807) is 6.20 Å². The molecule has 1 aromatic heterocycles. The lowest BCUT2D eigenvalue weighted by molar-refractivity contribution is 0.465. The van der Waals surface area contributed by atoms with Crippen molar-refractivity contribution in [2.75, 3.05) is 5.32 Å². The van der Waals surface area contributed by atoms with Crippen LogP contribution in [0.1, 0.15) is 11.1 Å². The van der Waals surface area contributed by atoms with E-state index < -0.39 is 0 Å². The summed E-state index contributed by atoms with van der Waals surface area (Å²) in [6.07, 6.45) is 1.64. The first-order chi connectivity index (χ1) is 8.58. The second-order valence-electron chi connectivity index (χ2n) is 3.93. The first kappa shape index (κ1) is 13.2. The molecule has 2 rings (SSSR count). The molecule has 1 heterocycles. The van der Waals surface area contributed by atoms with Gasteiger partial charge in [-0.1, -0.05) is 29.8 Å². The minimum Gasteiger partial charge on any atom is -0.507 e. The number of phenolic OH excluding ortho intramolecular Hbond substituents is 1. The molecule has 0 unspecified atom stereocenters. The molecule has 5 heteroatoms. The van der Waals surface area contributed by atoms with Crippen molar-refractivity contribution < 1.29 is 5.11 Å². The molecular formula is C13H12BrClN2O. The molecule has 0 radical (unpaired) electrons. The molecule has 1 aromatic carbocycles. The summed E-state index contributed by atoms with van der Waals surface area (Å²) in [5, 5.41) is 13.5. The second-order valence-corrected chi connectivity index (χ2v) is 5.20. The lowest BCUT2D eigenvalue weighted by Gasteiger charge is -2.10. The standard InChI is InChI=1S/C13H12BrClN2O/c1-8-3-2-4-9(12(8)18)6-16-11-5-10(14)7-17-13(11)15/h2-5,7,16,18H,6H2,1H3. The Hall–Kier alpha value is -1.26. The van der Waals surface area contributed by atoms with Crippen molar-refractivity contribution in [3.63, 3.8) is 0 Å². The van der Waals surface area contributed by atoms with E-state index in [0.717, 1.165) is 21.3 Å². The highest BCUT2D eigenvalue weighted by atomic mass is 79.9. The number of benzene rings is 1. The van der Waals surface area contributed by atoms with Crippen LogP contribution >= 0.6 is 27.5 Å². The average molecular weight is 328 g/mol. The van der Waals surface area contributed by atoms with Gasteiger partial charge >= 0.3 is 0 Å². The van der Waals surface area contributed by atoms with E-state index in [1.807, 2.05) is 31.2 Å². The Morgan fingerprint density at radius 1 is 1.44 bits per heavy atom. The van der Waals surface area contributed by atoms with Crippen molar-refractivity contribution in [1.29, 1.82) is 0 Å². The van der Waals surface area contributed by atoms with Crippen LogP contribution in [0.25, 0.3) is 0 Å². The fourth-order valence-electron chi connectivity index (χ4n) is 1.60. The van der Waals surface area contributed by atoms with Gasteiger partial charge in [0.2, 0.25) is 0 Å². The normalized spacial score (nSPS) is 10.4. The number of anilines is 1. The van der Waals surface area contributed by atoms with Crippen molar-refractivity contribution in [2.45, 2.75) is 13.5 Å². The summed E-state index contributed by atoms with van der Waals surface area (Å²) < 4.78 is 0.850. The summed E-state index contributed by atoms with van der Waals surface area (Å²) >= 11 is 9.31. The summed E-state index contributed by atoms with van der Waals surface area (Å²) in [5.41, 5.74) is 2.41. The Labute approximate surface area is 119 Å². The topological polar surface area (TPSA) is 45.2 Å². The Kier molecular flexibility index (Phi) is 4.09. The van der Waals surface area contributed by atoms with Gasteiger partial charge in [-0.15, -0.1) is 0 Å². The molecule has 0 aliphatic rings. The maximum atomic E-state index is 9.90. The first-order valence-corrected chi connectivity index (χ1v) is 6.57. The zero-order valence-electron chi connectivity index (χ0n) is 9.74. The number of hydrogen-bond donors (Lipinski definition) is 2. The molecule has 0 atom stereocenters. The molecule has 2 aromatic rings. The van der Waals surface area contributed by atoms with E-state index in [2.05, 4.69) is 26.2 Å². The fourth-order valence-corrected chi connectivity index (χ4v) is 2.10. The minimum atomic E-state index is 0.309. The van der Waals surface area contributed by atoms with Crippen LogP contribution in [0.5, 0.6) is 5.75 Å². The summed E-state index contributed by atoms with van der Waals surface area (Å²) in [7, 11) is 0. The maximum Gasteiger partial charge on any atom is 0.152 e. The van der Waals surface area contributed by atoms with Gasteiger partial charge in [0.1, 0.15) is 5.75 Å². The first-order valence-electron chi connectivity index (χ1n) is 5.40. The number of halogens is 2. The number of nitrogens with one attached hydrogen (secondary N) is 1. The van der Waals surface area contributed by atoms with Crippen molar-refractivity contribution in [3.05, 3.63) is 51.2 Å². The van der Waals surface area contributed by atoms with Crippen LogP contribution in [0.3, 0.4) is 0 Å². The largest absolute Gasteiger partial charge is 0.507 e. The summed E-state index contributed by atoms with van der Waals surface area (Å²) in [6, 6.07) is 7.50. The van der Waals surface area contributed by atoms with Crippen LogP contribution in [-0.2, 0) is 6.54 Å². The van der Waals surface area contributed by atoms with E-state index in [4.69, 9.17) is 11.6 Å². The van der Waals surface area contributed by atoms with Gasteiger partial charge in [0.15, 0.2) is 5.15 Å². The highest BCUT2D eigenvalue weighted by Gasteiger charge is 2.06. The molecule has 18 heavy (non-hydrogen) atoms. The molecule has 3 nitrogen and oxygen atoms in total. The van der Waals surface area contributed by atoms with Gasteiger partial charge in [0.25, 0.3) is 0 Å².